The van der Waals surface area contributed by atoms with Crippen molar-refractivity contribution < 1.29 is 37.0 Å². The number of halogens is 3. The highest BCUT2D eigenvalue weighted by Gasteiger charge is 2.56. The standard InChI is InChI=1S/C23H28F3N3O5/c1-13-9-21(2,3)12-22(10-13)19(31)29(20(32)28-22)11-17(30)27-18(23(24,25)26)14-4-5-15-16(8-14)34-7-6-33-15/h4-5,8,13,18H,6-7,9-12H2,1-3H3,(H,27,30)(H,28,32). The molecule has 34 heavy (non-hydrogen) atoms. The molecule has 2 fully saturated rings. The Kier molecular flexibility index (Phi) is 5.93. The van der Waals surface area contributed by atoms with Crippen LogP contribution in [-0.4, -0.2) is 54.2 Å². The minimum Gasteiger partial charge on any atom is -0.486 e. The number of nitrogens with one attached hydrogen (secondary N) is 2. The lowest BCUT2D eigenvalue weighted by Gasteiger charge is -2.43. The molecule has 3 aliphatic rings. The van der Waals surface area contributed by atoms with Gasteiger partial charge in [0.05, 0.1) is 0 Å². The van der Waals surface area contributed by atoms with E-state index in [9.17, 15) is 27.6 Å². The number of amides is 4. The third-order valence-corrected chi connectivity index (χ3v) is 6.46. The Hall–Kier alpha value is -2.98. The number of rotatable bonds is 4. The van der Waals surface area contributed by atoms with E-state index in [1.165, 1.54) is 18.2 Å². The average molecular weight is 483 g/mol. The summed E-state index contributed by atoms with van der Waals surface area (Å²) in [6, 6.07) is 0.593. The molecule has 4 amide bonds. The van der Waals surface area contributed by atoms with Crippen LogP contribution in [-0.2, 0) is 9.59 Å². The van der Waals surface area contributed by atoms with Crippen LogP contribution in [0, 0.1) is 11.3 Å². The summed E-state index contributed by atoms with van der Waals surface area (Å²) >= 11 is 0. The number of nitrogens with zero attached hydrogens (tertiary/aromatic N) is 1. The molecule has 2 aliphatic heterocycles. The zero-order valence-corrected chi connectivity index (χ0v) is 19.3. The molecule has 2 heterocycles. The summed E-state index contributed by atoms with van der Waals surface area (Å²) in [5, 5.41) is 4.64. The number of urea groups is 1. The topological polar surface area (TPSA) is 97.0 Å². The van der Waals surface area contributed by atoms with Crippen molar-refractivity contribution in [1.29, 1.82) is 0 Å². The van der Waals surface area contributed by atoms with E-state index in [0.717, 1.165) is 6.42 Å². The van der Waals surface area contributed by atoms with Crippen molar-refractivity contribution >= 4 is 17.8 Å². The highest BCUT2D eigenvalue weighted by atomic mass is 19.4. The van der Waals surface area contributed by atoms with Crippen LogP contribution in [0.25, 0.3) is 0 Å². The minimum atomic E-state index is -4.82. The van der Waals surface area contributed by atoms with E-state index >= 15 is 0 Å². The molecule has 2 N–H and O–H groups in total. The van der Waals surface area contributed by atoms with E-state index in [1.807, 2.05) is 26.1 Å². The summed E-state index contributed by atoms with van der Waals surface area (Å²) < 4.78 is 52.2. The molecule has 1 aliphatic carbocycles. The summed E-state index contributed by atoms with van der Waals surface area (Å²) in [5.41, 5.74) is -1.60. The van der Waals surface area contributed by atoms with Gasteiger partial charge in [-0.2, -0.15) is 13.2 Å². The number of alkyl halides is 3. The second-order valence-electron chi connectivity index (χ2n) is 10.2. The Morgan fingerprint density at radius 1 is 1.21 bits per heavy atom. The van der Waals surface area contributed by atoms with Crippen molar-refractivity contribution in [3.05, 3.63) is 23.8 Å². The molecule has 1 saturated heterocycles. The molecule has 1 aromatic rings. The van der Waals surface area contributed by atoms with E-state index in [0.29, 0.717) is 23.5 Å². The van der Waals surface area contributed by atoms with E-state index in [-0.39, 0.29) is 35.9 Å². The number of fused-ring (bicyclic) bond motifs is 1. The number of carbonyl (C=O) groups is 3. The number of imide groups is 1. The summed E-state index contributed by atoms with van der Waals surface area (Å²) in [4.78, 5) is 39.1. The summed E-state index contributed by atoms with van der Waals surface area (Å²) in [6.07, 6.45) is -3.13. The Morgan fingerprint density at radius 3 is 2.53 bits per heavy atom. The van der Waals surface area contributed by atoms with E-state index in [1.54, 1.807) is 0 Å². The highest BCUT2D eigenvalue weighted by Crippen LogP contribution is 2.46. The summed E-state index contributed by atoms with van der Waals surface area (Å²) in [6.45, 7) is 5.66. The fraction of sp³-hybridized carbons (Fsp3) is 0.609. The van der Waals surface area contributed by atoms with Gasteiger partial charge < -0.3 is 20.1 Å². The SMILES string of the molecule is CC1CC(C)(C)CC2(C1)NC(=O)N(CC(=O)NC(c1ccc3c(c1)OCCO3)C(F)(F)F)C2=O. The van der Waals surface area contributed by atoms with Gasteiger partial charge >= 0.3 is 12.2 Å². The lowest BCUT2D eigenvalue weighted by molar-refractivity contribution is -0.163. The third-order valence-electron chi connectivity index (χ3n) is 6.46. The first-order valence-electron chi connectivity index (χ1n) is 11.2. The molecule has 0 bridgehead atoms. The normalized spacial score (nSPS) is 26.9. The maximum absolute atomic E-state index is 13.8. The number of ether oxygens (including phenoxy) is 2. The molecular weight excluding hydrogens is 455 g/mol. The quantitative estimate of drug-likeness (QED) is 0.641. The van der Waals surface area contributed by atoms with E-state index in [2.05, 4.69) is 5.32 Å². The summed E-state index contributed by atoms with van der Waals surface area (Å²) in [5.74, 6) is -1.04. The zero-order valence-electron chi connectivity index (χ0n) is 19.3. The molecule has 8 nitrogen and oxygen atoms in total. The van der Waals surface area contributed by atoms with Crippen molar-refractivity contribution in [3.8, 4) is 11.5 Å². The van der Waals surface area contributed by atoms with Crippen LogP contribution in [0.5, 0.6) is 11.5 Å². The van der Waals surface area contributed by atoms with Gasteiger partial charge in [-0.15, -0.1) is 0 Å². The average Bonchev–Trinajstić information content (AvgIpc) is 2.92. The zero-order chi connectivity index (χ0) is 24.9. The molecule has 0 aromatic heterocycles. The first-order chi connectivity index (χ1) is 15.8. The first-order valence-corrected chi connectivity index (χ1v) is 11.2. The predicted molar refractivity (Wildman–Crippen MR) is 114 cm³/mol. The number of hydrogen-bond acceptors (Lipinski definition) is 5. The summed E-state index contributed by atoms with van der Waals surface area (Å²) in [7, 11) is 0. The number of carbonyl (C=O) groups excluding carboxylic acids is 3. The van der Waals surface area contributed by atoms with Crippen molar-refractivity contribution in [2.24, 2.45) is 11.3 Å². The highest BCUT2D eigenvalue weighted by molar-refractivity contribution is 6.09. The van der Waals surface area contributed by atoms with Crippen molar-refractivity contribution in [3.63, 3.8) is 0 Å². The largest absolute Gasteiger partial charge is 0.486 e. The van der Waals surface area contributed by atoms with E-state index < -0.39 is 42.1 Å². The second-order valence-corrected chi connectivity index (χ2v) is 10.2. The Morgan fingerprint density at radius 2 is 1.88 bits per heavy atom. The molecule has 11 heteroatoms. The molecule has 4 rings (SSSR count). The lowest BCUT2D eigenvalue weighted by Crippen LogP contribution is -2.54. The van der Waals surface area contributed by atoms with Crippen LogP contribution in [0.2, 0.25) is 0 Å². The molecule has 1 aromatic carbocycles. The van der Waals surface area contributed by atoms with E-state index in [4.69, 9.17) is 9.47 Å². The Balaban J connectivity index is 1.50. The molecule has 0 radical (unpaired) electrons. The molecule has 3 atom stereocenters. The Bertz CT molecular complexity index is 1010. The molecule has 186 valence electrons. The second kappa shape index (κ2) is 8.35. The predicted octanol–water partition coefficient (Wildman–Crippen LogP) is 3.31. The van der Waals surface area contributed by atoms with Gasteiger partial charge in [0.25, 0.3) is 5.91 Å². The van der Waals surface area contributed by atoms with Crippen molar-refractivity contribution in [2.75, 3.05) is 19.8 Å². The van der Waals surface area contributed by atoms with Gasteiger partial charge in [0.1, 0.15) is 25.3 Å². The van der Waals surface area contributed by atoms with Gasteiger partial charge in [0.2, 0.25) is 5.91 Å². The number of hydrogen-bond donors (Lipinski definition) is 2. The van der Waals surface area contributed by atoms with Crippen LogP contribution in [0.4, 0.5) is 18.0 Å². The van der Waals surface area contributed by atoms with Gasteiger partial charge in [-0.1, -0.05) is 26.8 Å². The number of benzene rings is 1. The van der Waals surface area contributed by atoms with Crippen LogP contribution in [0.1, 0.15) is 51.6 Å². The lowest BCUT2D eigenvalue weighted by atomic mass is 9.64. The maximum atomic E-state index is 13.8. The minimum absolute atomic E-state index is 0.150. The van der Waals surface area contributed by atoms with Crippen LogP contribution >= 0.6 is 0 Å². The van der Waals surface area contributed by atoms with Gasteiger partial charge in [0.15, 0.2) is 17.5 Å². The van der Waals surface area contributed by atoms with Gasteiger partial charge in [0, 0.05) is 0 Å². The maximum Gasteiger partial charge on any atom is 0.412 e. The van der Waals surface area contributed by atoms with Crippen molar-refractivity contribution in [1.82, 2.24) is 15.5 Å². The van der Waals surface area contributed by atoms with Crippen LogP contribution in [0.15, 0.2) is 18.2 Å². The van der Waals surface area contributed by atoms with Crippen LogP contribution < -0.4 is 20.1 Å². The van der Waals surface area contributed by atoms with Gasteiger partial charge in [-0.3, -0.25) is 14.5 Å². The van der Waals surface area contributed by atoms with Crippen molar-refractivity contribution in [2.45, 2.75) is 57.8 Å². The third kappa shape index (κ3) is 4.65. The smallest absolute Gasteiger partial charge is 0.412 e. The molecule has 1 spiro atoms. The first kappa shape index (κ1) is 24.2. The van der Waals surface area contributed by atoms with Gasteiger partial charge in [-0.05, 0) is 48.3 Å². The molecule has 3 unspecified atom stereocenters. The van der Waals surface area contributed by atoms with Gasteiger partial charge in [-0.25, -0.2) is 4.79 Å². The van der Waals surface area contributed by atoms with Crippen LogP contribution in [0.3, 0.4) is 0 Å². The Labute approximate surface area is 195 Å². The fourth-order valence-corrected chi connectivity index (χ4v) is 5.59. The monoisotopic (exact) mass is 483 g/mol. The molecule has 1 saturated carbocycles. The fourth-order valence-electron chi connectivity index (χ4n) is 5.59. The molecular formula is C23H28F3N3O5.